The van der Waals surface area contributed by atoms with Crippen LogP contribution in [0.1, 0.15) is 62.9 Å². The number of benzene rings is 1. The lowest BCUT2D eigenvalue weighted by atomic mass is 9.88. The van der Waals surface area contributed by atoms with Gasteiger partial charge in [-0.2, -0.15) is 5.26 Å². The van der Waals surface area contributed by atoms with Gasteiger partial charge in [-0.3, -0.25) is 4.79 Å². The number of methoxy groups -OCH3 is 1. The Bertz CT molecular complexity index is 1390. The fourth-order valence-electron chi connectivity index (χ4n) is 5.43. The van der Waals surface area contributed by atoms with Crippen molar-refractivity contribution in [3.05, 3.63) is 32.5 Å². The molecule has 1 unspecified atom stereocenters. The fraction of sp³-hybridized carbons (Fsp3) is 0.538. The van der Waals surface area contributed by atoms with Gasteiger partial charge in [-0.15, -0.1) is 11.3 Å². The molecule has 0 spiro atoms. The van der Waals surface area contributed by atoms with E-state index in [1.165, 1.54) is 17.4 Å². The minimum atomic E-state index is -0.452. The van der Waals surface area contributed by atoms with Crippen LogP contribution in [0.4, 0.5) is 10.1 Å². The van der Waals surface area contributed by atoms with Crippen molar-refractivity contribution in [2.24, 2.45) is 11.7 Å². The molecular formula is C26H31FN4O2S. The molecule has 2 fully saturated rings. The first kappa shape index (κ1) is 23.1. The van der Waals surface area contributed by atoms with Crippen LogP contribution in [0.2, 0.25) is 0 Å². The highest BCUT2D eigenvalue weighted by Gasteiger charge is 2.37. The van der Waals surface area contributed by atoms with Gasteiger partial charge in [0, 0.05) is 24.7 Å². The molecule has 2 N–H and O–H groups in total. The van der Waals surface area contributed by atoms with Crippen molar-refractivity contribution in [2.75, 3.05) is 25.1 Å². The molecule has 1 saturated carbocycles. The molecule has 0 bridgehead atoms. The minimum absolute atomic E-state index is 0.214. The van der Waals surface area contributed by atoms with Gasteiger partial charge in [0.15, 0.2) is 17.0 Å². The second-order valence-corrected chi connectivity index (χ2v) is 11.3. The fourth-order valence-corrected chi connectivity index (χ4v) is 6.65. The van der Waals surface area contributed by atoms with Crippen LogP contribution >= 0.6 is 11.3 Å². The lowest BCUT2D eigenvalue weighted by Crippen LogP contribution is -2.42. The molecule has 34 heavy (non-hydrogen) atoms. The zero-order chi connectivity index (χ0) is 24.4. The van der Waals surface area contributed by atoms with E-state index in [9.17, 15) is 10.1 Å². The highest BCUT2D eigenvalue weighted by molar-refractivity contribution is 7.19. The van der Waals surface area contributed by atoms with Crippen LogP contribution in [0.15, 0.2) is 10.9 Å². The topological polar surface area (TPSA) is 84.3 Å². The Hall–Kier alpha value is -2.63. The maximum absolute atomic E-state index is 15.7. The second kappa shape index (κ2) is 8.24. The normalized spacial score (nSPS) is 18.7. The van der Waals surface area contributed by atoms with E-state index < -0.39 is 5.82 Å². The number of ether oxygens (including phenoxy) is 1. The molecule has 0 radical (unpaired) electrons. The first-order valence-corrected chi connectivity index (χ1v) is 12.9. The van der Waals surface area contributed by atoms with E-state index >= 15 is 4.39 Å². The van der Waals surface area contributed by atoms with Crippen molar-refractivity contribution in [1.82, 2.24) is 4.57 Å². The van der Waals surface area contributed by atoms with Crippen molar-refractivity contribution in [1.29, 1.82) is 5.26 Å². The van der Waals surface area contributed by atoms with Crippen LogP contribution in [0, 0.1) is 23.1 Å². The molecule has 8 heteroatoms. The summed E-state index contributed by atoms with van der Waals surface area (Å²) < 4.78 is 23.8. The number of nitriles is 1. The maximum Gasteiger partial charge on any atom is 0.198 e. The van der Waals surface area contributed by atoms with Crippen LogP contribution in [-0.4, -0.2) is 30.3 Å². The highest BCUT2D eigenvalue weighted by Crippen LogP contribution is 2.48. The number of halogens is 1. The number of fused-ring (bicyclic) bond motifs is 2. The van der Waals surface area contributed by atoms with E-state index in [2.05, 4.69) is 10.6 Å². The average Bonchev–Trinajstić information content (AvgIpc) is 3.37. The molecule has 3 heterocycles. The molecule has 1 atom stereocenters. The second-order valence-electron chi connectivity index (χ2n) is 10.3. The molecule has 1 aliphatic heterocycles. The number of pyridine rings is 1. The SMILES string of the molecule is CCCc1c(C#N)sc2c1c(=O)c1cc(F)c(N3CCC(C(C)(C)N)C3)c(OC)c1n2C1CC1. The lowest BCUT2D eigenvalue weighted by Gasteiger charge is -2.28. The molecule has 2 aliphatic rings. The van der Waals surface area contributed by atoms with E-state index in [0.29, 0.717) is 52.1 Å². The summed E-state index contributed by atoms with van der Waals surface area (Å²) in [6.07, 6.45) is 4.31. The standard InChI is InChI=1S/C26H31FN4O2S/c1-5-6-16-19(12-28)34-25-20(16)23(32)17-11-18(27)22(30-10-9-14(13-30)26(2,3)29)24(33-4)21(17)31(25)15-7-8-15/h11,14-15H,5-10,13,29H2,1-4H3. The van der Waals surface area contributed by atoms with Gasteiger partial charge in [0.05, 0.1) is 23.4 Å². The summed E-state index contributed by atoms with van der Waals surface area (Å²) in [7, 11) is 1.54. The molecule has 1 aromatic carbocycles. The minimum Gasteiger partial charge on any atom is -0.492 e. The van der Waals surface area contributed by atoms with E-state index in [1.807, 2.05) is 25.7 Å². The van der Waals surface area contributed by atoms with Gasteiger partial charge in [0.25, 0.3) is 0 Å². The zero-order valence-corrected chi connectivity index (χ0v) is 21.0. The Morgan fingerprint density at radius 3 is 2.65 bits per heavy atom. The quantitative estimate of drug-likeness (QED) is 0.529. The molecular weight excluding hydrogens is 451 g/mol. The van der Waals surface area contributed by atoms with Gasteiger partial charge < -0.3 is 19.9 Å². The average molecular weight is 483 g/mol. The van der Waals surface area contributed by atoms with Gasteiger partial charge in [0.2, 0.25) is 0 Å². The van der Waals surface area contributed by atoms with Gasteiger partial charge >= 0.3 is 0 Å². The Morgan fingerprint density at radius 1 is 1.35 bits per heavy atom. The summed E-state index contributed by atoms with van der Waals surface area (Å²) in [5.74, 6) is 0.180. The number of hydrogen-bond acceptors (Lipinski definition) is 6. The number of aryl methyl sites for hydroxylation is 1. The van der Waals surface area contributed by atoms with Crippen LogP contribution < -0.4 is 20.8 Å². The number of rotatable bonds is 6. The summed E-state index contributed by atoms with van der Waals surface area (Å²) in [5.41, 5.74) is 7.63. The molecule has 3 aromatic rings. The molecule has 0 amide bonds. The van der Waals surface area contributed by atoms with E-state index in [0.717, 1.165) is 36.1 Å². The van der Waals surface area contributed by atoms with Crippen molar-refractivity contribution in [3.8, 4) is 11.8 Å². The number of nitrogens with zero attached hydrogens (tertiary/aromatic N) is 3. The molecule has 1 aliphatic carbocycles. The monoisotopic (exact) mass is 482 g/mol. The molecule has 1 saturated heterocycles. The van der Waals surface area contributed by atoms with Gasteiger partial charge in [-0.1, -0.05) is 13.3 Å². The third-order valence-corrected chi connectivity index (χ3v) is 8.51. The zero-order valence-electron chi connectivity index (χ0n) is 20.2. The van der Waals surface area contributed by atoms with Crippen molar-refractivity contribution in [2.45, 2.75) is 64.5 Å². The Morgan fingerprint density at radius 2 is 2.09 bits per heavy atom. The summed E-state index contributed by atoms with van der Waals surface area (Å²) in [5, 5.41) is 10.7. The predicted molar refractivity (Wildman–Crippen MR) is 136 cm³/mol. The largest absolute Gasteiger partial charge is 0.492 e. The summed E-state index contributed by atoms with van der Waals surface area (Å²) in [4.78, 5) is 17.2. The highest BCUT2D eigenvalue weighted by atomic mass is 32.1. The van der Waals surface area contributed by atoms with Gasteiger partial charge in [-0.05, 0) is 57.1 Å². The van der Waals surface area contributed by atoms with Crippen molar-refractivity contribution >= 4 is 38.1 Å². The van der Waals surface area contributed by atoms with Crippen molar-refractivity contribution in [3.63, 3.8) is 0 Å². The Labute approximate surface area is 202 Å². The number of nitrogens with two attached hydrogens (primary N) is 1. The smallest absolute Gasteiger partial charge is 0.198 e. The summed E-state index contributed by atoms with van der Waals surface area (Å²) in [6.45, 7) is 7.36. The maximum atomic E-state index is 15.7. The molecule has 5 rings (SSSR count). The van der Waals surface area contributed by atoms with Crippen LogP contribution in [0.3, 0.4) is 0 Å². The molecule has 180 valence electrons. The number of anilines is 1. The number of thiophene rings is 1. The Balaban J connectivity index is 1.83. The molecule has 2 aromatic heterocycles. The lowest BCUT2D eigenvalue weighted by molar-refractivity contribution is 0.348. The molecule has 6 nitrogen and oxygen atoms in total. The van der Waals surface area contributed by atoms with Crippen LogP contribution in [0.5, 0.6) is 5.75 Å². The third-order valence-electron chi connectivity index (χ3n) is 7.38. The van der Waals surface area contributed by atoms with Crippen LogP contribution in [-0.2, 0) is 6.42 Å². The van der Waals surface area contributed by atoms with E-state index in [4.69, 9.17) is 10.5 Å². The van der Waals surface area contributed by atoms with Gasteiger partial charge in [-0.25, -0.2) is 4.39 Å². The Kier molecular flexibility index (Phi) is 5.61. The number of aromatic nitrogens is 1. The van der Waals surface area contributed by atoms with E-state index in [-0.39, 0.29) is 22.9 Å². The van der Waals surface area contributed by atoms with Crippen LogP contribution in [0.25, 0.3) is 21.1 Å². The summed E-state index contributed by atoms with van der Waals surface area (Å²) >= 11 is 1.38. The first-order valence-electron chi connectivity index (χ1n) is 12.0. The van der Waals surface area contributed by atoms with Crippen molar-refractivity contribution < 1.29 is 9.13 Å². The number of hydrogen-bond donors (Lipinski definition) is 1. The van der Waals surface area contributed by atoms with E-state index in [1.54, 1.807) is 7.11 Å². The summed E-state index contributed by atoms with van der Waals surface area (Å²) in [6, 6.07) is 3.89. The predicted octanol–water partition coefficient (Wildman–Crippen LogP) is 5.09. The first-order chi connectivity index (χ1) is 16.2. The third kappa shape index (κ3) is 3.48. The van der Waals surface area contributed by atoms with Gasteiger partial charge in [0.1, 0.15) is 21.5 Å².